The third-order valence-corrected chi connectivity index (χ3v) is 8.89. The Hall–Kier alpha value is -4.34. The number of amidine groups is 1. The fourth-order valence-corrected chi connectivity index (χ4v) is 6.75. The predicted molar refractivity (Wildman–Crippen MR) is 150 cm³/mol. The molecule has 2 heterocycles. The summed E-state index contributed by atoms with van der Waals surface area (Å²) in [5.41, 5.74) is 0.645. The third-order valence-electron chi connectivity index (χ3n) is 8.89. The van der Waals surface area contributed by atoms with Gasteiger partial charge in [0.25, 0.3) is 0 Å². The van der Waals surface area contributed by atoms with E-state index in [1.165, 1.54) is 18.3 Å². The predicted octanol–water partition coefficient (Wildman–Crippen LogP) is 5.83. The standard InChI is InChI=1S/C33H26F3N3O3/c34-33(35,36)31(16-15-22(40)19-31)25-8-5-17-37-29(25)42-23-13-11-21(12-14-23)32(18-20-6-1-2-7-24(20)28(32)41)30-38-26-9-3-4-10-27(26)39-30/h1-14,17,22,40H,15-16,18-19H2,(H,38,39)/p+1/t22-,31-,32?/m1/s1. The first-order chi connectivity index (χ1) is 20.2. The lowest BCUT2D eigenvalue weighted by Gasteiger charge is -2.33. The molecule has 212 valence electrons. The molecule has 3 aromatic carbocycles. The minimum Gasteiger partial charge on any atom is -0.439 e. The number of aromatic nitrogens is 1. The van der Waals surface area contributed by atoms with Gasteiger partial charge in [0.05, 0.1) is 11.5 Å². The summed E-state index contributed by atoms with van der Waals surface area (Å²) in [4.78, 5) is 23.1. The molecular formula is C33H27F3N3O3+. The van der Waals surface area contributed by atoms with Gasteiger partial charge in [-0.15, -0.1) is 0 Å². The molecule has 2 aliphatic carbocycles. The van der Waals surface area contributed by atoms with Crippen LogP contribution in [-0.4, -0.2) is 34.0 Å². The second-order valence-corrected chi connectivity index (χ2v) is 11.2. The Balaban J connectivity index is 1.26. The van der Waals surface area contributed by atoms with Crippen molar-refractivity contribution in [1.82, 2.24) is 4.98 Å². The molecule has 7 rings (SSSR count). The summed E-state index contributed by atoms with van der Waals surface area (Å²) in [6.45, 7) is 0. The van der Waals surface area contributed by atoms with E-state index in [9.17, 15) is 23.1 Å². The number of hydrogen-bond donors (Lipinski definition) is 2. The molecule has 6 nitrogen and oxygen atoms in total. The molecule has 1 unspecified atom stereocenters. The van der Waals surface area contributed by atoms with Crippen LogP contribution in [0.15, 0.2) is 96.1 Å². The van der Waals surface area contributed by atoms with E-state index in [1.54, 1.807) is 24.3 Å². The van der Waals surface area contributed by atoms with Gasteiger partial charge in [0, 0.05) is 29.8 Å². The van der Waals surface area contributed by atoms with Gasteiger partial charge in [-0.1, -0.05) is 54.6 Å². The molecule has 3 atom stereocenters. The van der Waals surface area contributed by atoms with Gasteiger partial charge in [-0.2, -0.15) is 18.2 Å². The highest BCUT2D eigenvalue weighted by Gasteiger charge is 2.60. The zero-order chi connectivity index (χ0) is 29.1. The molecule has 1 aliphatic heterocycles. The van der Waals surface area contributed by atoms with E-state index in [0.29, 0.717) is 23.4 Å². The molecule has 1 aromatic heterocycles. The van der Waals surface area contributed by atoms with Crippen LogP contribution in [0, 0.1) is 0 Å². The lowest BCUT2D eigenvalue weighted by atomic mass is 9.75. The van der Waals surface area contributed by atoms with Crippen LogP contribution in [0.4, 0.5) is 24.5 Å². The van der Waals surface area contributed by atoms with Crippen molar-refractivity contribution in [2.75, 3.05) is 0 Å². The zero-order valence-electron chi connectivity index (χ0n) is 22.4. The van der Waals surface area contributed by atoms with Gasteiger partial charge in [0.2, 0.25) is 11.7 Å². The lowest BCUT2D eigenvalue weighted by Crippen LogP contribution is -2.85. The van der Waals surface area contributed by atoms with E-state index < -0.39 is 29.5 Å². The number of alkyl halides is 3. The summed E-state index contributed by atoms with van der Waals surface area (Å²) in [6.07, 6.45) is -4.45. The molecule has 0 spiro atoms. The molecule has 0 saturated heterocycles. The van der Waals surface area contributed by atoms with Crippen molar-refractivity contribution in [3.05, 3.63) is 113 Å². The number of hydrogen-bond acceptors (Lipinski definition) is 5. The Morgan fingerprint density at radius 3 is 2.43 bits per heavy atom. The van der Waals surface area contributed by atoms with Crippen molar-refractivity contribution >= 4 is 23.0 Å². The minimum absolute atomic E-state index is 0.0474. The number of rotatable bonds is 5. The number of benzene rings is 3. The van der Waals surface area contributed by atoms with E-state index in [4.69, 9.17) is 9.73 Å². The minimum atomic E-state index is -4.59. The lowest BCUT2D eigenvalue weighted by molar-refractivity contribution is -0.444. The highest BCUT2D eigenvalue weighted by molar-refractivity contribution is 6.22. The third kappa shape index (κ3) is 3.99. The number of fused-ring (bicyclic) bond motifs is 2. The van der Waals surface area contributed by atoms with Gasteiger partial charge in [0.1, 0.15) is 11.4 Å². The quantitative estimate of drug-likeness (QED) is 0.296. The van der Waals surface area contributed by atoms with Crippen LogP contribution < -0.4 is 10.1 Å². The summed E-state index contributed by atoms with van der Waals surface area (Å²) < 4.78 is 49.2. The molecule has 0 bridgehead atoms. The van der Waals surface area contributed by atoms with Gasteiger partial charge in [0.15, 0.2) is 16.9 Å². The number of aliphatic imine (C=N–C) groups is 1. The number of aliphatic hydroxyl groups excluding tert-OH is 1. The Kier molecular flexibility index (Phi) is 6.07. The van der Waals surface area contributed by atoms with Crippen LogP contribution in [0.25, 0.3) is 0 Å². The molecule has 42 heavy (non-hydrogen) atoms. The van der Waals surface area contributed by atoms with Crippen molar-refractivity contribution < 1.29 is 33.1 Å². The molecule has 3 aliphatic rings. The first-order valence-corrected chi connectivity index (χ1v) is 13.9. The summed E-state index contributed by atoms with van der Waals surface area (Å²) in [7, 11) is 0. The SMILES string of the molecule is O=C1c2ccccc2CC1(C1=Nc2ccccc2[NH2+]1)c1ccc(Oc2ncccc2[C@@]2(C(F)(F)F)CC[C@@H](O)C2)cc1. The highest BCUT2D eigenvalue weighted by Crippen LogP contribution is 2.54. The van der Waals surface area contributed by atoms with E-state index >= 15 is 0 Å². The number of carbonyl (C=O) groups is 1. The fourth-order valence-electron chi connectivity index (χ4n) is 6.75. The highest BCUT2D eigenvalue weighted by atomic mass is 19.4. The molecule has 3 N–H and O–H groups in total. The molecule has 1 fully saturated rings. The number of para-hydroxylation sites is 2. The van der Waals surface area contributed by atoms with Crippen LogP contribution >= 0.6 is 0 Å². The Bertz CT molecular complexity index is 1740. The van der Waals surface area contributed by atoms with Gasteiger partial charge in [-0.25, -0.2) is 4.98 Å². The maximum atomic E-state index is 14.4. The molecular weight excluding hydrogens is 543 g/mol. The number of nitrogens with zero attached hydrogens (tertiary/aromatic N) is 2. The average Bonchev–Trinajstić information content (AvgIpc) is 3.68. The van der Waals surface area contributed by atoms with Crippen LogP contribution in [-0.2, 0) is 17.3 Å². The summed E-state index contributed by atoms with van der Waals surface area (Å²) in [5.74, 6) is 0.735. The molecule has 0 radical (unpaired) electrons. The van der Waals surface area contributed by atoms with Gasteiger partial charge in [-0.05, 0) is 54.7 Å². The first kappa shape index (κ1) is 26.6. The van der Waals surface area contributed by atoms with Crippen LogP contribution in [0.1, 0.15) is 46.3 Å². The van der Waals surface area contributed by atoms with Crippen LogP contribution in [0.3, 0.4) is 0 Å². The number of halogens is 3. The number of ether oxygens (including phenoxy) is 1. The van der Waals surface area contributed by atoms with Crippen molar-refractivity contribution in [1.29, 1.82) is 0 Å². The monoisotopic (exact) mass is 570 g/mol. The number of Topliss-reactive ketones (excluding diaryl/α,β-unsaturated/α-hetero) is 1. The van der Waals surface area contributed by atoms with Gasteiger partial charge in [-0.3, -0.25) is 10.1 Å². The topological polar surface area (TPSA) is 88.4 Å². The summed E-state index contributed by atoms with van der Waals surface area (Å²) in [5, 5.41) is 12.0. The number of nitrogens with two attached hydrogens (primary N) is 1. The van der Waals surface area contributed by atoms with E-state index in [1.807, 2.05) is 53.8 Å². The van der Waals surface area contributed by atoms with E-state index in [-0.39, 0.29) is 35.8 Å². The zero-order valence-corrected chi connectivity index (χ0v) is 22.4. The van der Waals surface area contributed by atoms with E-state index in [0.717, 1.165) is 16.9 Å². The van der Waals surface area contributed by atoms with Crippen LogP contribution in [0.2, 0.25) is 0 Å². The Morgan fingerprint density at radius 2 is 1.71 bits per heavy atom. The van der Waals surface area contributed by atoms with Gasteiger partial charge >= 0.3 is 6.18 Å². The maximum absolute atomic E-state index is 14.4. The van der Waals surface area contributed by atoms with Crippen molar-refractivity contribution in [2.24, 2.45) is 4.99 Å². The van der Waals surface area contributed by atoms with Crippen molar-refractivity contribution in [3.8, 4) is 11.6 Å². The second kappa shape index (κ2) is 9.61. The number of pyridine rings is 1. The summed E-state index contributed by atoms with van der Waals surface area (Å²) in [6, 6.07) is 24.9. The number of aliphatic hydroxyl groups is 1. The normalized spacial score (nSPS) is 24.8. The largest absolute Gasteiger partial charge is 0.439 e. The fraction of sp³-hybridized carbons (Fsp3) is 0.242. The number of quaternary nitrogens is 1. The van der Waals surface area contributed by atoms with Crippen LogP contribution in [0.5, 0.6) is 11.6 Å². The van der Waals surface area contributed by atoms with Crippen molar-refractivity contribution in [3.63, 3.8) is 0 Å². The van der Waals surface area contributed by atoms with E-state index in [2.05, 4.69) is 4.98 Å². The Morgan fingerprint density at radius 1 is 0.952 bits per heavy atom. The second-order valence-electron chi connectivity index (χ2n) is 11.2. The number of carbonyl (C=O) groups excluding carboxylic acids is 1. The molecule has 9 heteroatoms. The molecule has 4 aromatic rings. The van der Waals surface area contributed by atoms with Crippen molar-refractivity contribution in [2.45, 2.75) is 48.8 Å². The maximum Gasteiger partial charge on any atom is 0.398 e. The Labute approximate surface area is 239 Å². The average molecular weight is 571 g/mol. The van der Waals surface area contributed by atoms with Gasteiger partial charge < -0.3 is 9.84 Å². The summed E-state index contributed by atoms with van der Waals surface area (Å²) >= 11 is 0. The first-order valence-electron chi connectivity index (χ1n) is 13.9. The number of ketones is 1. The molecule has 0 amide bonds. The smallest absolute Gasteiger partial charge is 0.398 e. The molecule has 1 saturated carbocycles.